The smallest absolute Gasteiger partial charge is 0.264 e. The first-order chi connectivity index (χ1) is 18.6. The van der Waals surface area contributed by atoms with Gasteiger partial charge in [0.05, 0.1) is 17.7 Å². The molecule has 3 aromatic carbocycles. The zero-order chi connectivity index (χ0) is 28.6. The van der Waals surface area contributed by atoms with E-state index in [0.29, 0.717) is 12.2 Å². The van der Waals surface area contributed by atoms with E-state index in [1.165, 1.54) is 54.5 Å². The van der Waals surface area contributed by atoms with Gasteiger partial charge in [0.15, 0.2) is 0 Å². The summed E-state index contributed by atoms with van der Waals surface area (Å²) in [7, 11) is -2.73. The molecule has 0 saturated carbocycles. The van der Waals surface area contributed by atoms with Gasteiger partial charge >= 0.3 is 0 Å². The molecule has 8 nitrogen and oxygen atoms in total. The van der Waals surface area contributed by atoms with Crippen LogP contribution in [0.15, 0.2) is 83.8 Å². The van der Waals surface area contributed by atoms with Gasteiger partial charge in [-0.15, -0.1) is 0 Å². The summed E-state index contributed by atoms with van der Waals surface area (Å²) in [6.45, 7) is 4.48. The lowest BCUT2D eigenvalue weighted by atomic mass is 10.1. The molecule has 0 radical (unpaired) electrons. The van der Waals surface area contributed by atoms with Crippen LogP contribution in [0, 0.1) is 5.82 Å². The van der Waals surface area contributed by atoms with Gasteiger partial charge in [0, 0.05) is 18.2 Å². The predicted molar refractivity (Wildman–Crippen MR) is 148 cm³/mol. The van der Waals surface area contributed by atoms with E-state index in [4.69, 9.17) is 4.74 Å². The molecule has 0 saturated heterocycles. The van der Waals surface area contributed by atoms with E-state index in [-0.39, 0.29) is 28.7 Å². The van der Waals surface area contributed by atoms with Crippen molar-refractivity contribution in [2.24, 2.45) is 0 Å². The molecule has 1 N–H and O–H groups in total. The maximum absolute atomic E-state index is 14.6. The summed E-state index contributed by atoms with van der Waals surface area (Å²) in [4.78, 5) is 28.0. The summed E-state index contributed by atoms with van der Waals surface area (Å²) in [5.74, 6) is -1.13. The molecule has 0 heterocycles. The fraction of sp³-hybridized carbons (Fsp3) is 0.310. The highest BCUT2D eigenvalue weighted by atomic mass is 32.2. The normalized spacial score (nSPS) is 12.7. The van der Waals surface area contributed by atoms with E-state index >= 15 is 0 Å². The number of para-hydroxylation sites is 1. The topological polar surface area (TPSA) is 96.0 Å². The number of rotatable bonds is 12. The maximum atomic E-state index is 14.6. The van der Waals surface area contributed by atoms with Crippen molar-refractivity contribution in [3.63, 3.8) is 0 Å². The molecule has 0 aliphatic rings. The third-order valence-electron chi connectivity index (χ3n) is 6.44. The van der Waals surface area contributed by atoms with Crippen molar-refractivity contribution in [3.05, 3.63) is 90.2 Å². The standard InChI is InChI=1S/C29H34FN3O5S/c1-5-21(2)31-29(35)22(3)32(19-23-11-9-10-14-27(23)30)28(34)20-33(24-12-7-6-8-13-24)39(36,37)26-17-15-25(38-4)16-18-26/h6-18,21-22H,5,19-20H2,1-4H3,(H,31,35)/t21-,22-/m1/s1. The Morgan fingerprint density at radius 2 is 1.56 bits per heavy atom. The minimum absolute atomic E-state index is 0.0387. The lowest BCUT2D eigenvalue weighted by molar-refractivity contribution is -0.139. The molecule has 3 rings (SSSR count). The van der Waals surface area contributed by atoms with Crippen LogP contribution >= 0.6 is 0 Å². The molecule has 10 heteroatoms. The number of carbonyl (C=O) groups excluding carboxylic acids is 2. The van der Waals surface area contributed by atoms with Gasteiger partial charge in [-0.2, -0.15) is 0 Å². The maximum Gasteiger partial charge on any atom is 0.264 e. The number of nitrogens with zero attached hydrogens (tertiary/aromatic N) is 2. The van der Waals surface area contributed by atoms with Crippen LogP contribution in [-0.4, -0.2) is 50.9 Å². The highest BCUT2D eigenvalue weighted by Gasteiger charge is 2.33. The fourth-order valence-electron chi connectivity index (χ4n) is 3.86. The zero-order valence-electron chi connectivity index (χ0n) is 22.5. The molecule has 0 unspecified atom stereocenters. The van der Waals surface area contributed by atoms with Gasteiger partial charge in [0.25, 0.3) is 10.0 Å². The monoisotopic (exact) mass is 555 g/mol. The van der Waals surface area contributed by atoms with E-state index in [9.17, 15) is 22.4 Å². The fourth-order valence-corrected chi connectivity index (χ4v) is 5.27. The molecule has 3 aromatic rings. The largest absolute Gasteiger partial charge is 0.497 e. The summed E-state index contributed by atoms with van der Waals surface area (Å²) in [6.07, 6.45) is 0.682. The lowest BCUT2D eigenvalue weighted by Crippen LogP contribution is -2.52. The van der Waals surface area contributed by atoms with Crippen LogP contribution in [-0.2, 0) is 26.2 Å². The summed E-state index contributed by atoms with van der Waals surface area (Å²) in [5.41, 5.74) is 0.475. The average molecular weight is 556 g/mol. The molecule has 0 aromatic heterocycles. The van der Waals surface area contributed by atoms with E-state index in [2.05, 4.69) is 5.32 Å². The van der Waals surface area contributed by atoms with E-state index in [1.807, 2.05) is 13.8 Å². The minimum Gasteiger partial charge on any atom is -0.497 e. The highest BCUT2D eigenvalue weighted by Crippen LogP contribution is 2.26. The molecule has 0 spiro atoms. The van der Waals surface area contributed by atoms with Gasteiger partial charge in [-0.05, 0) is 62.7 Å². The Kier molecular flexibility index (Phi) is 10.1. The second-order valence-corrected chi connectivity index (χ2v) is 11.0. The minimum atomic E-state index is -4.20. The van der Waals surface area contributed by atoms with Gasteiger partial charge in [0.2, 0.25) is 11.8 Å². The van der Waals surface area contributed by atoms with E-state index in [0.717, 1.165) is 4.31 Å². The second kappa shape index (κ2) is 13.2. The van der Waals surface area contributed by atoms with E-state index in [1.54, 1.807) is 43.3 Å². The highest BCUT2D eigenvalue weighted by molar-refractivity contribution is 7.92. The van der Waals surface area contributed by atoms with Crippen molar-refractivity contribution in [1.29, 1.82) is 0 Å². The van der Waals surface area contributed by atoms with Crippen LogP contribution in [0.25, 0.3) is 0 Å². The van der Waals surface area contributed by atoms with Crippen molar-refractivity contribution < 1.29 is 27.1 Å². The summed E-state index contributed by atoms with van der Waals surface area (Å²) >= 11 is 0. The number of nitrogens with one attached hydrogen (secondary N) is 1. The number of methoxy groups -OCH3 is 1. The number of anilines is 1. The molecule has 208 valence electrons. The second-order valence-electron chi connectivity index (χ2n) is 9.13. The molecule has 0 aliphatic carbocycles. The molecular formula is C29H34FN3O5S. The third-order valence-corrected chi connectivity index (χ3v) is 8.23. The Balaban J connectivity index is 2.01. The summed E-state index contributed by atoms with van der Waals surface area (Å²) in [6, 6.07) is 18.9. The van der Waals surface area contributed by atoms with Crippen LogP contribution < -0.4 is 14.4 Å². The number of ether oxygens (including phenoxy) is 1. The summed E-state index contributed by atoms with van der Waals surface area (Å²) < 4.78 is 48.2. The predicted octanol–water partition coefficient (Wildman–Crippen LogP) is 4.36. The molecule has 39 heavy (non-hydrogen) atoms. The quantitative estimate of drug-likeness (QED) is 0.358. The molecule has 0 fully saturated rings. The average Bonchev–Trinajstić information content (AvgIpc) is 2.95. The number of amides is 2. The van der Waals surface area contributed by atoms with Crippen LogP contribution in [0.5, 0.6) is 5.75 Å². The Morgan fingerprint density at radius 1 is 0.949 bits per heavy atom. The molecular weight excluding hydrogens is 521 g/mol. The van der Waals surface area contributed by atoms with Gasteiger partial charge in [-0.25, -0.2) is 12.8 Å². The molecule has 0 bridgehead atoms. The Bertz CT molecular complexity index is 1370. The van der Waals surface area contributed by atoms with Crippen molar-refractivity contribution in [2.45, 2.75) is 50.7 Å². The van der Waals surface area contributed by atoms with Crippen molar-refractivity contribution in [3.8, 4) is 5.75 Å². The summed E-state index contributed by atoms with van der Waals surface area (Å²) in [5, 5.41) is 2.85. The first kappa shape index (κ1) is 29.6. The zero-order valence-corrected chi connectivity index (χ0v) is 23.3. The Labute approximate surface area is 229 Å². The first-order valence-corrected chi connectivity index (χ1v) is 14.1. The molecule has 0 aliphatic heterocycles. The van der Waals surface area contributed by atoms with Gasteiger partial charge < -0.3 is 15.0 Å². The van der Waals surface area contributed by atoms with Gasteiger partial charge in [-0.1, -0.05) is 43.3 Å². The van der Waals surface area contributed by atoms with Crippen molar-refractivity contribution in [1.82, 2.24) is 10.2 Å². The SMILES string of the molecule is CC[C@@H](C)NC(=O)[C@@H](C)N(Cc1ccccc1F)C(=O)CN(c1ccccc1)S(=O)(=O)c1ccc(OC)cc1. The van der Waals surface area contributed by atoms with Crippen LogP contribution in [0.3, 0.4) is 0 Å². The van der Waals surface area contributed by atoms with E-state index < -0.39 is 40.2 Å². The van der Waals surface area contributed by atoms with Gasteiger partial charge in [-0.3, -0.25) is 13.9 Å². The third kappa shape index (κ3) is 7.35. The number of hydrogen-bond acceptors (Lipinski definition) is 5. The number of halogens is 1. The van der Waals surface area contributed by atoms with Crippen LogP contribution in [0.1, 0.15) is 32.8 Å². The van der Waals surface area contributed by atoms with Crippen molar-refractivity contribution >= 4 is 27.5 Å². The number of benzene rings is 3. The number of hydrogen-bond donors (Lipinski definition) is 1. The Hall–Kier alpha value is -3.92. The van der Waals surface area contributed by atoms with Crippen LogP contribution in [0.2, 0.25) is 0 Å². The number of sulfonamides is 1. The molecule has 2 amide bonds. The number of carbonyl (C=O) groups is 2. The van der Waals surface area contributed by atoms with Gasteiger partial charge in [0.1, 0.15) is 24.2 Å². The van der Waals surface area contributed by atoms with Crippen LogP contribution in [0.4, 0.5) is 10.1 Å². The van der Waals surface area contributed by atoms with Crippen molar-refractivity contribution in [2.75, 3.05) is 18.0 Å². The lowest BCUT2D eigenvalue weighted by Gasteiger charge is -2.32. The Morgan fingerprint density at radius 3 is 2.15 bits per heavy atom. The molecule has 2 atom stereocenters. The first-order valence-electron chi connectivity index (χ1n) is 12.6.